The molecule has 0 atom stereocenters. The van der Waals surface area contributed by atoms with Crippen LogP contribution in [0.2, 0.25) is 0 Å². The van der Waals surface area contributed by atoms with Crippen LogP contribution in [0.1, 0.15) is 31.9 Å². The average molecular weight is 382 g/mol. The normalized spacial score (nSPS) is 11.1. The van der Waals surface area contributed by atoms with Gasteiger partial charge in [-0.2, -0.15) is 0 Å². The topological polar surface area (TPSA) is 39.9 Å². The Kier molecular flexibility index (Phi) is 6.56. The maximum absolute atomic E-state index is 5.77. The Hall–Kier alpha value is -2.27. The van der Waals surface area contributed by atoms with Crippen molar-refractivity contribution in [3.63, 3.8) is 0 Å². The summed E-state index contributed by atoms with van der Waals surface area (Å²) in [5.74, 6) is 3.20. The zero-order valence-corrected chi connectivity index (χ0v) is 17.3. The van der Waals surface area contributed by atoms with Crippen LogP contribution in [-0.2, 0) is 12.3 Å². The second kappa shape index (κ2) is 9.09. The van der Waals surface area contributed by atoms with Crippen molar-refractivity contribution in [3.05, 3.63) is 59.7 Å². The van der Waals surface area contributed by atoms with E-state index in [1.165, 1.54) is 11.1 Å². The Labute approximate surface area is 166 Å². The van der Waals surface area contributed by atoms with Gasteiger partial charge in [-0.1, -0.05) is 55.4 Å². The summed E-state index contributed by atoms with van der Waals surface area (Å²) in [6.07, 6.45) is 0. The van der Waals surface area contributed by atoms with Crippen molar-refractivity contribution in [2.24, 2.45) is 5.92 Å². The van der Waals surface area contributed by atoms with E-state index in [-0.39, 0.29) is 0 Å². The van der Waals surface area contributed by atoms with Crippen molar-refractivity contribution in [2.45, 2.75) is 45.1 Å². The molecule has 0 unspecified atom stereocenters. The molecule has 4 nitrogen and oxygen atoms in total. The Morgan fingerprint density at radius 3 is 2.52 bits per heavy atom. The van der Waals surface area contributed by atoms with Crippen molar-refractivity contribution in [3.8, 4) is 17.1 Å². The van der Waals surface area contributed by atoms with Crippen molar-refractivity contribution >= 4 is 11.8 Å². The predicted octanol–water partition coefficient (Wildman–Crippen LogP) is 5.60. The molecule has 0 aliphatic carbocycles. The van der Waals surface area contributed by atoms with Gasteiger partial charge in [-0.05, 0) is 49.6 Å². The largest absolute Gasteiger partial charge is 0.493 e. The van der Waals surface area contributed by atoms with Crippen LogP contribution in [0.3, 0.4) is 0 Å². The van der Waals surface area contributed by atoms with E-state index in [0.29, 0.717) is 5.92 Å². The van der Waals surface area contributed by atoms with Crippen LogP contribution in [0.15, 0.2) is 53.7 Å². The van der Waals surface area contributed by atoms with Gasteiger partial charge in [0.1, 0.15) is 5.75 Å². The summed E-state index contributed by atoms with van der Waals surface area (Å²) in [4.78, 5) is 0. The molecule has 5 heteroatoms. The number of aromatic nitrogens is 3. The lowest BCUT2D eigenvalue weighted by Crippen LogP contribution is -2.04. The number of hydrogen-bond donors (Lipinski definition) is 0. The molecule has 3 rings (SSSR count). The smallest absolute Gasteiger partial charge is 0.191 e. The standard InChI is InChI=1S/C22H27N3OS/c1-5-25-21(19-9-11-20(12-10-19)26-14-16(2)3)23-24-22(25)27-15-18-8-6-7-17(4)13-18/h6-13,16H,5,14-15H2,1-4H3. The molecule has 0 N–H and O–H groups in total. The number of thioether (sulfide) groups is 1. The fourth-order valence-electron chi connectivity index (χ4n) is 2.81. The first-order valence-electron chi connectivity index (χ1n) is 9.41. The Morgan fingerprint density at radius 2 is 1.85 bits per heavy atom. The summed E-state index contributed by atoms with van der Waals surface area (Å²) in [6, 6.07) is 16.7. The number of nitrogens with zero attached hydrogens (tertiary/aromatic N) is 3. The van der Waals surface area contributed by atoms with E-state index in [1.807, 2.05) is 12.1 Å². The number of ether oxygens (including phenoxy) is 1. The maximum Gasteiger partial charge on any atom is 0.191 e. The molecule has 1 aromatic heterocycles. The average Bonchev–Trinajstić information content (AvgIpc) is 3.08. The summed E-state index contributed by atoms with van der Waals surface area (Å²) < 4.78 is 7.94. The quantitative estimate of drug-likeness (QED) is 0.476. The van der Waals surface area contributed by atoms with Crippen molar-refractivity contribution in [2.75, 3.05) is 6.61 Å². The highest BCUT2D eigenvalue weighted by atomic mass is 32.2. The van der Waals surface area contributed by atoms with Gasteiger partial charge in [-0.3, -0.25) is 0 Å². The first kappa shape index (κ1) is 19.5. The lowest BCUT2D eigenvalue weighted by atomic mass is 10.2. The third-order valence-corrected chi connectivity index (χ3v) is 5.22. The molecule has 0 aliphatic rings. The second-order valence-corrected chi connectivity index (χ2v) is 8.00. The highest BCUT2D eigenvalue weighted by molar-refractivity contribution is 7.98. The molecule has 0 amide bonds. The zero-order valence-electron chi connectivity index (χ0n) is 16.5. The van der Waals surface area contributed by atoms with Gasteiger partial charge in [0.15, 0.2) is 11.0 Å². The summed E-state index contributed by atoms with van der Waals surface area (Å²) in [5, 5.41) is 9.82. The monoisotopic (exact) mass is 381 g/mol. The van der Waals surface area contributed by atoms with Gasteiger partial charge in [0.2, 0.25) is 0 Å². The highest BCUT2D eigenvalue weighted by Crippen LogP contribution is 2.27. The van der Waals surface area contributed by atoms with Crippen molar-refractivity contribution < 1.29 is 4.74 Å². The van der Waals surface area contributed by atoms with E-state index in [0.717, 1.165) is 41.2 Å². The van der Waals surface area contributed by atoms with E-state index in [9.17, 15) is 0 Å². The van der Waals surface area contributed by atoms with Gasteiger partial charge >= 0.3 is 0 Å². The molecule has 0 spiro atoms. The van der Waals surface area contributed by atoms with Crippen LogP contribution in [-0.4, -0.2) is 21.4 Å². The Bertz CT molecular complexity index is 872. The fraction of sp³-hybridized carbons (Fsp3) is 0.364. The summed E-state index contributed by atoms with van der Waals surface area (Å²) >= 11 is 1.73. The first-order chi connectivity index (χ1) is 13.1. The maximum atomic E-state index is 5.77. The minimum absolute atomic E-state index is 0.515. The van der Waals surface area contributed by atoms with E-state index in [4.69, 9.17) is 4.74 Å². The molecule has 2 aromatic carbocycles. The van der Waals surface area contributed by atoms with Crippen molar-refractivity contribution in [1.82, 2.24) is 14.8 Å². The van der Waals surface area contributed by atoms with E-state index in [1.54, 1.807) is 11.8 Å². The molecule has 0 bridgehead atoms. The molecular weight excluding hydrogens is 354 g/mol. The van der Waals surface area contributed by atoms with Crippen LogP contribution in [0.5, 0.6) is 5.75 Å². The highest BCUT2D eigenvalue weighted by Gasteiger charge is 2.13. The van der Waals surface area contributed by atoms with Crippen LogP contribution in [0.25, 0.3) is 11.4 Å². The molecule has 0 radical (unpaired) electrons. The van der Waals surface area contributed by atoms with Crippen LogP contribution >= 0.6 is 11.8 Å². The lowest BCUT2D eigenvalue weighted by Gasteiger charge is -2.10. The van der Waals surface area contributed by atoms with Crippen LogP contribution in [0, 0.1) is 12.8 Å². The van der Waals surface area contributed by atoms with Gasteiger partial charge < -0.3 is 9.30 Å². The van der Waals surface area contributed by atoms with Gasteiger partial charge in [-0.25, -0.2) is 0 Å². The summed E-state index contributed by atoms with van der Waals surface area (Å²) in [6.45, 7) is 10.1. The zero-order chi connectivity index (χ0) is 19.2. The Balaban J connectivity index is 1.73. The van der Waals surface area contributed by atoms with Crippen molar-refractivity contribution in [1.29, 1.82) is 0 Å². The first-order valence-corrected chi connectivity index (χ1v) is 10.4. The van der Waals surface area contributed by atoms with Crippen LogP contribution in [0.4, 0.5) is 0 Å². The van der Waals surface area contributed by atoms with Gasteiger partial charge in [0.05, 0.1) is 6.61 Å². The fourth-order valence-corrected chi connectivity index (χ4v) is 3.75. The molecule has 27 heavy (non-hydrogen) atoms. The molecular formula is C22H27N3OS. The minimum Gasteiger partial charge on any atom is -0.493 e. The minimum atomic E-state index is 0.515. The molecule has 0 saturated heterocycles. The molecule has 0 fully saturated rings. The third kappa shape index (κ3) is 5.13. The second-order valence-electron chi connectivity index (χ2n) is 7.06. The van der Waals surface area contributed by atoms with Gasteiger partial charge in [-0.15, -0.1) is 10.2 Å². The molecule has 142 valence electrons. The lowest BCUT2D eigenvalue weighted by molar-refractivity contribution is 0.271. The molecule has 1 heterocycles. The molecule has 0 saturated carbocycles. The summed E-state index contributed by atoms with van der Waals surface area (Å²) in [7, 11) is 0. The molecule has 3 aromatic rings. The predicted molar refractivity (Wildman–Crippen MR) is 112 cm³/mol. The van der Waals surface area contributed by atoms with E-state index >= 15 is 0 Å². The summed E-state index contributed by atoms with van der Waals surface area (Å²) in [5.41, 5.74) is 3.65. The van der Waals surface area contributed by atoms with E-state index < -0.39 is 0 Å². The van der Waals surface area contributed by atoms with Crippen LogP contribution < -0.4 is 4.74 Å². The van der Waals surface area contributed by atoms with E-state index in [2.05, 4.69) is 78.9 Å². The number of hydrogen-bond acceptors (Lipinski definition) is 4. The SMILES string of the molecule is CCn1c(SCc2cccc(C)c2)nnc1-c1ccc(OCC(C)C)cc1. The molecule has 0 aliphatic heterocycles. The number of rotatable bonds is 8. The number of aryl methyl sites for hydroxylation is 1. The third-order valence-electron chi connectivity index (χ3n) is 4.18. The van der Waals surface area contributed by atoms with Gasteiger partial charge in [0, 0.05) is 17.9 Å². The Morgan fingerprint density at radius 1 is 1.07 bits per heavy atom. The van der Waals surface area contributed by atoms with Gasteiger partial charge in [0.25, 0.3) is 0 Å². The number of benzene rings is 2.